The minimum Gasteiger partial charge on any atom is -0.507 e. The third kappa shape index (κ3) is 2.66. The minimum atomic E-state index is 0.492. The van der Waals surface area contributed by atoms with E-state index in [0.717, 1.165) is 29.1 Å². The van der Waals surface area contributed by atoms with E-state index in [1.807, 2.05) is 30.0 Å². The van der Waals surface area contributed by atoms with Crippen LogP contribution < -0.4 is 0 Å². The lowest BCUT2D eigenvalue weighted by Gasteiger charge is -2.07. The van der Waals surface area contributed by atoms with Gasteiger partial charge in [-0.2, -0.15) is 11.8 Å². The van der Waals surface area contributed by atoms with E-state index < -0.39 is 0 Å². The maximum Gasteiger partial charge on any atom is 0.122 e. The molecule has 1 nitrogen and oxygen atoms in total. The molecule has 72 valence electrons. The van der Waals surface area contributed by atoms with E-state index in [2.05, 4.69) is 13.8 Å². The van der Waals surface area contributed by atoms with E-state index >= 15 is 0 Å². The lowest BCUT2D eigenvalue weighted by atomic mass is 10.1. The van der Waals surface area contributed by atoms with Crippen molar-refractivity contribution in [3.8, 4) is 5.75 Å². The van der Waals surface area contributed by atoms with Gasteiger partial charge in [-0.3, -0.25) is 0 Å². The quantitative estimate of drug-likeness (QED) is 0.798. The molecule has 1 aromatic rings. The maximum atomic E-state index is 9.80. The Morgan fingerprint density at radius 3 is 2.54 bits per heavy atom. The third-order valence-electron chi connectivity index (χ3n) is 2.05. The molecule has 0 unspecified atom stereocenters. The zero-order valence-electron chi connectivity index (χ0n) is 8.21. The van der Waals surface area contributed by atoms with Crippen LogP contribution in [0.25, 0.3) is 0 Å². The van der Waals surface area contributed by atoms with E-state index in [9.17, 15) is 5.11 Å². The molecule has 13 heavy (non-hydrogen) atoms. The monoisotopic (exact) mass is 196 g/mol. The molecule has 0 atom stereocenters. The molecule has 0 aromatic heterocycles. The Balaban J connectivity index is 2.81. The van der Waals surface area contributed by atoms with Gasteiger partial charge in [0.1, 0.15) is 5.75 Å². The van der Waals surface area contributed by atoms with Gasteiger partial charge in [0.2, 0.25) is 0 Å². The molecule has 1 rings (SSSR count). The highest BCUT2D eigenvalue weighted by Gasteiger charge is 2.04. The van der Waals surface area contributed by atoms with Gasteiger partial charge >= 0.3 is 0 Å². The molecule has 0 aliphatic carbocycles. The molecular formula is C11H16OS. The van der Waals surface area contributed by atoms with Crippen LogP contribution in [0.4, 0.5) is 0 Å². The first-order valence-electron chi connectivity index (χ1n) is 4.67. The van der Waals surface area contributed by atoms with Crippen molar-refractivity contribution >= 4 is 11.8 Å². The van der Waals surface area contributed by atoms with Crippen molar-refractivity contribution in [1.29, 1.82) is 0 Å². The van der Waals surface area contributed by atoms with Crippen LogP contribution in [0.5, 0.6) is 5.75 Å². The van der Waals surface area contributed by atoms with E-state index in [0.29, 0.717) is 5.75 Å². The molecule has 0 heterocycles. The Hall–Kier alpha value is -0.630. The summed E-state index contributed by atoms with van der Waals surface area (Å²) in [6.45, 7) is 4.19. The van der Waals surface area contributed by atoms with Gasteiger partial charge in [-0.05, 0) is 17.7 Å². The second-order valence-corrected chi connectivity index (χ2v) is 4.19. The summed E-state index contributed by atoms with van der Waals surface area (Å²) in [6.07, 6.45) is 0.899. The van der Waals surface area contributed by atoms with Gasteiger partial charge in [0.05, 0.1) is 0 Å². The van der Waals surface area contributed by atoms with Crippen molar-refractivity contribution in [1.82, 2.24) is 0 Å². The summed E-state index contributed by atoms with van der Waals surface area (Å²) in [7, 11) is 0. The molecule has 0 amide bonds. The number of rotatable bonds is 4. The van der Waals surface area contributed by atoms with Crippen LogP contribution in [0.1, 0.15) is 25.0 Å². The lowest BCUT2D eigenvalue weighted by Crippen LogP contribution is -1.88. The second-order valence-electron chi connectivity index (χ2n) is 2.92. The number of phenols is 1. The Morgan fingerprint density at radius 2 is 1.92 bits per heavy atom. The van der Waals surface area contributed by atoms with Crippen LogP contribution in [-0.2, 0) is 12.2 Å². The first-order chi connectivity index (χ1) is 6.29. The zero-order chi connectivity index (χ0) is 9.68. The van der Waals surface area contributed by atoms with Crippen molar-refractivity contribution in [2.24, 2.45) is 0 Å². The van der Waals surface area contributed by atoms with Crippen molar-refractivity contribution in [3.05, 3.63) is 29.3 Å². The van der Waals surface area contributed by atoms with Gasteiger partial charge in [0, 0.05) is 11.3 Å². The van der Waals surface area contributed by atoms with Gasteiger partial charge in [0.25, 0.3) is 0 Å². The lowest BCUT2D eigenvalue weighted by molar-refractivity contribution is 0.464. The molecule has 0 bridgehead atoms. The van der Waals surface area contributed by atoms with Crippen molar-refractivity contribution in [2.45, 2.75) is 26.0 Å². The van der Waals surface area contributed by atoms with Gasteiger partial charge in [0.15, 0.2) is 0 Å². The fourth-order valence-electron chi connectivity index (χ4n) is 1.26. The van der Waals surface area contributed by atoms with Crippen LogP contribution in [-0.4, -0.2) is 10.9 Å². The van der Waals surface area contributed by atoms with Crippen LogP contribution in [0.3, 0.4) is 0 Å². The average Bonchev–Trinajstić information content (AvgIpc) is 2.16. The molecule has 0 saturated heterocycles. The number of benzene rings is 1. The molecule has 0 aliphatic heterocycles. The SMILES string of the molecule is CCSCc1cccc(CC)c1O. The summed E-state index contributed by atoms with van der Waals surface area (Å²) in [5.74, 6) is 2.50. The number of aryl methyl sites for hydroxylation is 1. The number of thioether (sulfide) groups is 1. The molecular weight excluding hydrogens is 180 g/mol. The number of phenolic OH excluding ortho intramolecular Hbond substituents is 1. The second kappa shape index (κ2) is 5.18. The summed E-state index contributed by atoms with van der Waals surface area (Å²) in [4.78, 5) is 0. The Morgan fingerprint density at radius 1 is 1.23 bits per heavy atom. The molecule has 1 N–H and O–H groups in total. The molecule has 2 heteroatoms. The van der Waals surface area contributed by atoms with Crippen LogP contribution in [0, 0.1) is 0 Å². The molecule has 0 saturated carbocycles. The van der Waals surface area contributed by atoms with Gasteiger partial charge in [-0.15, -0.1) is 0 Å². The van der Waals surface area contributed by atoms with E-state index in [1.54, 1.807) is 0 Å². The summed E-state index contributed by atoms with van der Waals surface area (Å²) >= 11 is 1.83. The highest BCUT2D eigenvalue weighted by molar-refractivity contribution is 7.98. The zero-order valence-corrected chi connectivity index (χ0v) is 9.03. The van der Waals surface area contributed by atoms with Crippen molar-refractivity contribution < 1.29 is 5.11 Å². The van der Waals surface area contributed by atoms with Gasteiger partial charge < -0.3 is 5.11 Å². The molecule has 0 spiro atoms. The topological polar surface area (TPSA) is 20.2 Å². The summed E-state index contributed by atoms with van der Waals surface area (Å²) < 4.78 is 0. The highest BCUT2D eigenvalue weighted by atomic mass is 32.2. The number of para-hydroxylation sites is 1. The Bertz CT molecular complexity index is 271. The van der Waals surface area contributed by atoms with Gasteiger partial charge in [-0.1, -0.05) is 32.0 Å². The molecule has 0 radical (unpaired) electrons. The average molecular weight is 196 g/mol. The van der Waals surface area contributed by atoms with Crippen molar-refractivity contribution in [3.63, 3.8) is 0 Å². The van der Waals surface area contributed by atoms with Gasteiger partial charge in [-0.25, -0.2) is 0 Å². The summed E-state index contributed by atoms with van der Waals surface area (Å²) in [6, 6.07) is 6.00. The van der Waals surface area contributed by atoms with Crippen molar-refractivity contribution in [2.75, 3.05) is 5.75 Å². The van der Waals surface area contributed by atoms with Crippen LogP contribution in [0.15, 0.2) is 18.2 Å². The molecule has 0 aliphatic rings. The molecule has 0 fully saturated rings. The highest BCUT2D eigenvalue weighted by Crippen LogP contribution is 2.26. The predicted octanol–water partition coefficient (Wildman–Crippen LogP) is 3.21. The van der Waals surface area contributed by atoms with E-state index in [1.165, 1.54) is 0 Å². The largest absolute Gasteiger partial charge is 0.507 e. The van der Waals surface area contributed by atoms with E-state index in [4.69, 9.17) is 0 Å². The number of aromatic hydroxyl groups is 1. The third-order valence-corrected chi connectivity index (χ3v) is 2.97. The number of hydrogen-bond donors (Lipinski definition) is 1. The first kappa shape index (κ1) is 10.5. The normalized spacial score (nSPS) is 10.3. The Labute approximate surface area is 84.2 Å². The summed E-state index contributed by atoms with van der Waals surface area (Å²) in [5.41, 5.74) is 2.11. The maximum absolute atomic E-state index is 9.80. The fraction of sp³-hybridized carbons (Fsp3) is 0.455. The standard InChI is InChI=1S/C11H16OS/c1-3-9-6-5-7-10(11(9)12)8-13-4-2/h5-7,12H,3-4,8H2,1-2H3. The Kier molecular flexibility index (Phi) is 4.16. The minimum absolute atomic E-state index is 0.492. The fourth-order valence-corrected chi connectivity index (χ4v) is 1.92. The summed E-state index contributed by atoms with van der Waals surface area (Å²) in [5, 5.41) is 9.80. The smallest absolute Gasteiger partial charge is 0.122 e. The molecule has 1 aromatic carbocycles. The first-order valence-corrected chi connectivity index (χ1v) is 5.82. The number of hydrogen-bond acceptors (Lipinski definition) is 2. The van der Waals surface area contributed by atoms with E-state index in [-0.39, 0.29) is 0 Å². The van der Waals surface area contributed by atoms with Crippen LogP contribution >= 0.6 is 11.8 Å². The van der Waals surface area contributed by atoms with Crippen LogP contribution in [0.2, 0.25) is 0 Å². The predicted molar refractivity (Wildman–Crippen MR) is 59.3 cm³/mol.